The molecule has 3 N–H and O–H groups in total. The molecule has 1 atom stereocenters. The molecule has 0 saturated carbocycles. The maximum absolute atomic E-state index is 12.3. The van der Waals surface area contributed by atoms with E-state index in [1.54, 1.807) is 0 Å². The van der Waals surface area contributed by atoms with Crippen LogP contribution in [0.4, 0.5) is 5.69 Å². The first-order valence-corrected chi connectivity index (χ1v) is 6.95. The third-order valence-corrected chi connectivity index (χ3v) is 3.73. The van der Waals surface area contributed by atoms with Gasteiger partial charge in [-0.15, -0.1) is 0 Å². The number of amides is 1. The fraction of sp³-hybridized carbons (Fsp3) is 0.533. The Morgan fingerprint density at radius 2 is 2.11 bits per heavy atom. The normalized spacial score (nSPS) is 18.8. The Kier molecular flexibility index (Phi) is 4.80. The van der Waals surface area contributed by atoms with Gasteiger partial charge in [0.05, 0.1) is 6.42 Å². The molecule has 1 aliphatic rings. The van der Waals surface area contributed by atoms with Gasteiger partial charge in [0, 0.05) is 24.9 Å². The number of hydrogen-bond acceptors (Lipinski definition) is 3. The molecule has 1 aromatic carbocycles. The van der Waals surface area contributed by atoms with Crippen LogP contribution in [0, 0.1) is 0 Å². The highest BCUT2D eigenvalue weighted by molar-refractivity contribution is 5.79. The molecule has 2 rings (SSSR count). The fourth-order valence-corrected chi connectivity index (χ4v) is 2.70. The monoisotopic (exact) mass is 262 g/mol. The second-order valence-corrected chi connectivity index (χ2v) is 5.17. The summed E-state index contributed by atoms with van der Waals surface area (Å²) in [4.78, 5) is 14.3. The van der Waals surface area contributed by atoms with E-state index in [0.717, 1.165) is 43.5 Å². The maximum atomic E-state index is 12.3. The minimum absolute atomic E-state index is 0.185. The summed E-state index contributed by atoms with van der Waals surface area (Å²) in [6, 6.07) is 7.79. The third kappa shape index (κ3) is 3.70. The molecule has 0 spiro atoms. The van der Waals surface area contributed by atoms with Crippen molar-refractivity contribution in [3.8, 4) is 0 Å². The van der Waals surface area contributed by atoms with Crippen molar-refractivity contribution in [2.24, 2.45) is 0 Å². The van der Waals surface area contributed by atoms with E-state index in [-0.39, 0.29) is 12.5 Å². The first-order chi connectivity index (χ1) is 9.20. The summed E-state index contributed by atoms with van der Waals surface area (Å²) in [5, 5.41) is 8.90. The summed E-state index contributed by atoms with van der Waals surface area (Å²) in [5.41, 5.74) is 7.36. The van der Waals surface area contributed by atoms with Crippen LogP contribution in [0.1, 0.15) is 31.2 Å². The Morgan fingerprint density at radius 3 is 2.79 bits per heavy atom. The number of carbonyl (C=O) groups excluding carboxylic acids is 1. The predicted octanol–water partition coefficient (Wildman–Crippen LogP) is 1.57. The molecular weight excluding hydrogens is 240 g/mol. The Labute approximate surface area is 114 Å². The van der Waals surface area contributed by atoms with Gasteiger partial charge in [-0.05, 0) is 43.4 Å². The SMILES string of the molecule is Nc1ccc(CC(=O)N2CCCC2CCCO)cc1. The number of aliphatic hydroxyl groups excluding tert-OH is 1. The predicted molar refractivity (Wildman–Crippen MR) is 75.6 cm³/mol. The average Bonchev–Trinajstić information content (AvgIpc) is 2.87. The lowest BCUT2D eigenvalue weighted by Gasteiger charge is -2.24. The van der Waals surface area contributed by atoms with Crippen molar-refractivity contribution in [1.29, 1.82) is 0 Å². The van der Waals surface area contributed by atoms with Gasteiger partial charge in [0.25, 0.3) is 0 Å². The molecule has 104 valence electrons. The molecule has 0 aliphatic carbocycles. The van der Waals surface area contributed by atoms with Crippen LogP contribution < -0.4 is 5.73 Å². The van der Waals surface area contributed by atoms with Gasteiger partial charge in [-0.2, -0.15) is 0 Å². The van der Waals surface area contributed by atoms with Gasteiger partial charge in [-0.1, -0.05) is 12.1 Å². The second kappa shape index (κ2) is 6.57. The number of nitrogens with two attached hydrogens (primary N) is 1. The number of aliphatic hydroxyl groups is 1. The summed E-state index contributed by atoms with van der Waals surface area (Å²) in [5.74, 6) is 0.185. The fourth-order valence-electron chi connectivity index (χ4n) is 2.70. The highest BCUT2D eigenvalue weighted by atomic mass is 16.3. The minimum atomic E-state index is 0.185. The summed E-state index contributed by atoms with van der Waals surface area (Å²) < 4.78 is 0. The van der Waals surface area contributed by atoms with Crippen molar-refractivity contribution < 1.29 is 9.90 Å². The lowest BCUT2D eigenvalue weighted by molar-refractivity contribution is -0.131. The van der Waals surface area contributed by atoms with Crippen LogP contribution in [-0.2, 0) is 11.2 Å². The van der Waals surface area contributed by atoms with Gasteiger partial charge in [-0.25, -0.2) is 0 Å². The Balaban J connectivity index is 1.93. The Hall–Kier alpha value is -1.55. The molecule has 0 radical (unpaired) electrons. The van der Waals surface area contributed by atoms with Crippen LogP contribution in [0.15, 0.2) is 24.3 Å². The van der Waals surface area contributed by atoms with E-state index in [9.17, 15) is 4.79 Å². The number of nitrogen functional groups attached to an aromatic ring is 1. The standard InChI is InChI=1S/C15H22N2O2/c16-13-7-5-12(6-8-13)11-15(19)17-9-1-3-14(17)4-2-10-18/h5-8,14,18H,1-4,9-11,16H2. The van der Waals surface area contributed by atoms with Gasteiger partial charge in [0.1, 0.15) is 0 Å². The van der Waals surface area contributed by atoms with Crippen molar-refractivity contribution in [3.05, 3.63) is 29.8 Å². The summed E-state index contributed by atoms with van der Waals surface area (Å²) >= 11 is 0. The van der Waals surface area contributed by atoms with Crippen LogP contribution in [0.2, 0.25) is 0 Å². The quantitative estimate of drug-likeness (QED) is 0.792. The molecule has 0 bridgehead atoms. The molecule has 4 heteroatoms. The molecule has 1 heterocycles. The lowest BCUT2D eigenvalue weighted by Crippen LogP contribution is -2.36. The van der Waals surface area contributed by atoms with E-state index in [1.165, 1.54) is 0 Å². The van der Waals surface area contributed by atoms with Gasteiger partial charge >= 0.3 is 0 Å². The van der Waals surface area contributed by atoms with Crippen molar-refractivity contribution in [1.82, 2.24) is 4.90 Å². The van der Waals surface area contributed by atoms with Gasteiger partial charge in [-0.3, -0.25) is 4.79 Å². The van der Waals surface area contributed by atoms with Gasteiger partial charge in [0.2, 0.25) is 5.91 Å². The topological polar surface area (TPSA) is 66.6 Å². The van der Waals surface area contributed by atoms with Crippen LogP contribution in [0.3, 0.4) is 0 Å². The number of anilines is 1. The molecule has 1 amide bonds. The molecule has 0 aromatic heterocycles. The molecule has 1 aliphatic heterocycles. The zero-order chi connectivity index (χ0) is 13.7. The first kappa shape index (κ1) is 13.9. The molecule has 1 unspecified atom stereocenters. The number of nitrogens with zero attached hydrogens (tertiary/aromatic N) is 1. The van der Waals surface area contributed by atoms with Gasteiger partial charge < -0.3 is 15.7 Å². The van der Waals surface area contributed by atoms with Crippen molar-refractivity contribution in [3.63, 3.8) is 0 Å². The van der Waals surface area contributed by atoms with Gasteiger partial charge in [0.15, 0.2) is 0 Å². The van der Waals surface area contributed by atoms with Crippen molar-refractivity contribution >= 4 is 11.6 Å². The number of rotatable bonds is 5. The van der Waals surface area contributed by atoms with E-state index >= 15 is 0 Å². The molecule has 1 fully saturated rings. The second-order valence-electron chi connectivity index (χ2n) is 5.17. The Morgan fingerprint density at radius 1 is 1.37 bits per heavy atom. The highest BCUT2D eigenvalue weighted by Gasteiger charge is 2.27. The number of hydrogen-bond donors (Lipinski definition) is 2. The number of benzene rings is 1. The zero-order valence-electron chi connectivity index (χ0n) is 11.2. The van der Waals surface area contributed by atoms with E-state index in [2.05, 4.69) is 0 Å². The average molecular weight is 262 g/mol. The summed E-state index contributed by atoms with van der Waals surface area (Å²) in [7, 11) is 0. The lowest BCUT2D eigenvalue weighted by atomic mass is 10.1. The maximum Gasteiger partial charge on any atom is 0.227 e. The summed E-state index contributed by atoms with van der Waals surface area (Å²) in [6.07, 6.45) is 4.26. The van der Waals surface area contributed by atoms with E-state index in [0.29, 0.717) is 12.5 Å². The van der Waals surface area contributed by atoms with Crippen molar-refractivity contribution in [2.45, 2.75) is 38.1 Å². The van der Waals surface area contributed by atoms with E-state index in [1.807, 2.05) is 29.2 Å². The molecular formula is C15H22N2O2. The van der Waals surface area contributed by atoms with Crippen LogP contribution in [-0.4, -0.2) is 35.1 Å². The van der Waals surface area contributed by atoms with Crippen LogP contribution in [0.25, 0.3) is 0 Å². The minimum Gasteiger partial charge on any atom is -0.399 e. The number of carbonyl (C=O) groups is 1. The molecule has 4 nitrogen and oxygen atoms in total. The molecule has 1 saturated heterocycles. The molecule has 19 heavy (non-hydrogen) atoms. The number of likely N-dealkylation sites (tertiary alicyclic amines) is 1. The van der Waals surface area contributed by atoms with Crippen LogP contribution >= 0.6 is 0 Å². The van der Waals surface area contributed by atoms with E-state index < -0.39 is 0 Å². The first-order valence-electron chi connectivity index (χ1n) is 6.95. The molecule has 1 aromatic rings. The van der Waals surface area contributed by atoms with Crippen LogP contribution in [0.5, 0.6) is 0 Å². The largest absolute Gasteiger partial charge is 0.399 e. The highest BCUT2D eigenvalue weighted by Crippen LogP contribution is 2.22. The van der Waals surface area contributed by atoms with E-state index in [4.69, 9.17) is 10.8 Å². The van der Waals surface area contributed by atoms with Crippen molar-refractivity contribution in [2.75, 3.05) is 18.9 Å². The third-order valence-electron chi connectivity index (χ3n) is 3.73. The zero-order valence-corrected chi connectivity index (χ0v) is 11.2. The Bertz CT molecular complexity index is 417. The smallest absolute Gasteiger partial charge is 0.227 e. The summed E-state index contributed by atoms with van der Waals surface area (Å²) in [6.45, 7) is 1.06.